The Morgan fingerprint density at radius 3 is 0.682 bits per heavy atom. The number of aliphatic hydroxyl groups is 1. The Morgan fingerprint density at radius 2 is 0.455 bits per heavy atom. The fraction of sp³-hybridized carbons (Fsp3) is 0.614. The Bertz CT molecular complexity index is 1960. The van der Waals surface area contributed by atoms with Crippen LogP contribution in [-0.4, -0.2) is 36.4 Å². The standard InChI is InChI=1S/C83H134O5/c1-3-5-7-9-11-13-15-17-19-21-23-25-27-29-31-33-35-37-38-39-40-41-42-43-44-46-47-49-51-53-55-57-59-61-63-65-67-69-71-73-75-77-82(85)87-80-81(79-84)88-83(86)78-76-74-72-70-68-66-64-62-60-58-56-54-52-50-48-45-36-34-32-30-28-26-24-22-20-18-16-14-12-10-8-6-4-2/h5-8,11-14,17-20,23-26,29-32,35-37,39-40,45,50,52,56,58,81,84H,3-4,9-10,15-16,21-22,27-28,33-34,38,41-44,46-49,51,53-55,57,59-80H2,1-2H3/b7-5-,8-6-,13-11-,14-12-,19-17-,20-18-,25-23-,26-24-,31-29-,32-30-,37-35-,40-39-,45-36-,52-50-,58-56-. The van der Waals surface area contributed by atoms with E-state index in [1.165, 1.54) is 141 Å². The maximum Gasteiger partial charge on any atom is 0.306 e. The third-order valence-corrected chi connectivity index (χ3v) is 15.2. The summed E-state index contributed by atoms with van der Waals surface area (Å²) in [7, 11) is 0. The van der Waals surface area contributed by atoms with Crippen molar-refractivity contribution in [1.82, 2.24) is 0 Å². The summed E-state index contributed by atoms with van der Waals surface area (Å²) in [5, 5.41) is 9.71. The smallest absolute Gasteiger partial charge is 0.306 e. The van der Waals surface area contributed by atoms with Crippen molar-refractivity contribution < 1.29 is 24.2 Å². The van der Waals surface area contributed by atoms with Crippen LogP contribution in [-0.2, 0) is 19.1 Å². The number of allylic oxidation sites excluding steroid dienone is 30. The Labute approximate surface area is 544 Å². The molecule has 0 aliphatic rings. The van der Waals surface area contributed by atoms with Gasteiger partial charge in [0.1, 0.15) is 6.61 Å². The van der Waals surface area contributed by atoms with E-state index in [2.05, 4.69) is 196 Å². The Morgan fingerprint density at radius 1 is 0.261 bits per heavy atom. The van der Waals surface area contributed by atoms with Gasteiger partial charge in [-0.2, -0.15) is 0 Å². The number of aliphatic hydroxyl groups excluding tert-OH is 1. The highest BCUT2D eigenvalue weighted by Gasteiger charge is 2.16. The third-order valence-electron chi connectivity index (χ3n) is 15.2. The zero-order chi connectivity index (χ0) is 63.3. The first-order valence-corrected chi connectivity index (χ1v) is 36.3. The van der Waals surface area contributed by atoms with Crippen molar-refractivity contribution in [3.8, 4) is 0 Å². The fourth-order valence-corrected chi connectivity index (χ4v) is 9.85. The van der Waals surface area contributed by atoms with Crippen LogP contribution in [0.15, 0.2) is 182 Å². The average molecular weight is 1210 g/mol. The van der Waals surface area contributed by atoms with Crippen molar-refractivity contribution in [2.45, 2.75) is 315 Å². The minimum atomic E-state index is -0.789. The molecule has 0 heterocycles. The summed E-state index contributed by atoms with van der Waals surface area (Å²) in [6.07, 6.45) is 119. The molecule has 5 heteroatoms. The molecule has 0 spiro atoms. The molecule has 5 nitrogen and oxygen atoms in total. The highest BCUT2D eigenvalue weighted by molar-refractivity contribution is 5.70. The molecule has 0 saturated carbocycles. The summed E-state index contributed by atoms with van der Waals surface area (Å²) < 4.78 is 10.8. The molecule has 1 unspecified atom stereocenters. The van der Waals surface area contributed by atoms with Crippen LogP contribution in [0.3, 0.4) is 0 Å². The predicted molar refractivity (Wildman–Crippen MR) is 389 cm³/mol. The van der Waals surface area contributed by atoms with Crippen molar-refractivity contribution in [2.24, 2.45) is 0 Å². The topological polar surface area (TPSA) is 72.8 Å². The second-order valence-corrected chi connectivity index (χ2v) is 23.6. The summed E-state index contributed by atoms with van der Waals surface area (Å²) in [6, 6.07) is 0. The molecule has 1 N–H and O–H groups in total. The number of carbonyl (C=O) groups is 2. The minimum Gasteiger partial charge on any atom is -0.462 e. The van der Waals surface area contributed by atoms with Crippen LogP contribution in [0.1, 0.15) is 309 Å². The maximum atomic E-state index is 12.4. The van der Waals surface area contributed by atoms with Gasteiger partial charge in [-0.25, -0.2) is 0 Å². The van der Waals surface area contributed by atoms with Crippen molar-refractivity contribution >= 4 is 11.9 Å². The molecule has 496 valence electrons. The van der Waals surface area contributed by atoms with Gasteiger partial charge in [-0.15, -0.1) is 0 Å². The molecule has 0 bridgehead atoms. The van der Waals surface area contributed by atoms with E-state index in [-0.39, 0.29) is 25.2 Å². The Kier molecular flexibility index (Phi) is 71.9. The molecule has 0 amide bonds. The van der Waals surface area contributed by atoms with E-state index in [0.29, 0.717) is 12.8 Å². The van der Waals surface area contributed by atoms with E-state index in [0.717, 1.165) is 141 Å². The van der Waals surface area contributed by atoms with Gasteiger partial charge in [0.05, 0.1) is 6.61 Å². The first-order chi connectivity index (χ1) is 43.6. The predicted octanol–water partition coefficient (Wildman–Crippen LogP) is 25.8. The number of carbonyl (C=O) groups excluding carboxylic acids is 2. The highest BCUT2D eigenvalue weighted by atomic mass is 16.6. The summed E-state index contributed by atoms with van der Waals surface area (Å²) in [5.74, 6) is -0.601. The lowest BCUT2D eigenvalue weighted by molar-refractivity contribution is -0.161. The van der Waals surface area contributed by atoms with E-state index in [9.17, 15) is 14.7 Å². The molecule has 1 atom stereocenters. The molecule has 0 fully saturated rings. The van der Waals surface area contributed by atoms with Gasteiger partial charge in [-0.1, -0.05) is 344 Å². The van der Waals surface area contributed by atoms with Gasteiger partial charge in [0.25, 0.3) is 0 Å². The van der Waals surface area contributed by atoms with Crippen LogP contribution in [0.4, 0.5) is 0 Å². The van der Waals surface area contributed by atoms with Crippen molar-refractivity contribution in [1.29, 1.82) is 0 Å². The second kappa shape index (κ2) is 76.2. The number of rotatable bonds is 65. The van der Waals surface area contributed by atoms with Gasteiger partial charge in [-0.05, 0) is 135 Å². The molecular weight excluding hydrogens is 1080 g/mol. The Hall–Kier alpha value is -5.00. The second-order valence-electron chi connectivity index (χ2n) is 23.6. The van der Waals surface area contributed by atoms with Crippen LogP contribution in [0.5, 0.6) is 0 Å². The molecule has 0 aromatic carbocycles. The van der Waals surface area contributed by atoms with Crippen LogP contribution in [0.2, 0.25) is 0 Å². The number of unbranched alkanes of at least 4 members (excludes halogenated alkanes) is 27. The van der Waals surface area contributed by atoms with Gasteiger partial charge < -0.3 is 14.6 Å². The maximum absolute atomic E-state index is 12.4. The molecule has 0 aromatic heterocycles. The molecule has 0 radical (unpaired) electrons. The number of esters is 2. The molecule has 0 rings (SSSR count). The van der Waals surface area contributed by atoms with Gasteiger partial charge in [0.15, 0.2) is 6.10 Å². The van der Waals surface area contributed by atoms with Crippen LogP contribution in [0, 0.1) is 0 Å². The quantitative estimate of drug-likeness (QED) is 0.0373. The lowest BCUT2D eigenvalue weighted by atomic mass is 10.0. The van der Waals surface area contributed by atoms with Crippen LogP contribution < -0.4 is 0 Å². The van der Waals surface area contributed by atoms with Gasteiger partial charge in [-0.3, -0.25) is 9.59 Å². The van der Waals surface area contributed by atoms with Crippen molar-refractivity contribution in [3.63, 3.8) is 0 Å². The Balaban J connectivity index is 3.52. The SMILES string of the molecule is CC/C=C\C/C=C\C/C=C\C/C=C\C/C=C\C/C=C\C/C=C\C/C=C\CCCCCCCCCCC(=O)OC(CO)COC(=O)CCCCCCCCCCCCCCCCCCCCC/C=C\C/C=C\C/C=C\C/C=C\C/C=C\C/C=C\C/C=C\CC. The summed E-state index contributed by atoms with van der Waals surface area (Å²) in [6.45, 7) is 3.92. The first-order valence-electron chi connectivity index (χ1n) is 36.3. The first kappa shape index (κ1) is 83.0. The molecule has 0 aliphatic carbocycles. The number of ether oxygens (including phenoxy) is 2. The number of hydrogen-bond donors (Lipinski definition) is 1. The van der Waals surface area contributed by atoms with E-state index in [1.54, 1.807) is 0 Å². The zero-order valence-electron chi connectivity index (χ0n) is 56.9. The van der Waals surface area contributed by atoms with Crippen molar-refractivity contribution in [3.05, 3.63) is 182 Å². The van der Waals surface area contributed by atoms with Crippen LogP contribution in [0.25, 0.3) is 0 Å². The highest BCUT2D eigenvalue weighted by Crippen LogP contribution is 2.17. The third kappa shape index (κ3) is 73.5. The normalized spacial score (nSPS) is 13.4. The summed E-state index contributed by atoms with van der Waals surface area (Å²) >= 11 is 0. The van der Waals surface area contributed by atoms with Gasteiger partial charge in [0, 0.05) is 12.8 Å². The van der Waals surface area contributed by atoms with E-state index in [1.807, 2.05) is 0 Å². The summed E-state index contributed by atoms with van der Waals surface area (Å²) in [4.78, 5) is 24.7. The van der Waals surface area contributed by atoms with E-state index in [4.69, 9.17) is 9.47 Å². The van der Waals surface area contributed by atoms with Crippen LogP contribution >= 0.6 is 0 Å². The molecule has 0 aliphatic heterocycles. The fourth-order valence-electron chi connectivity index (χ4n) is 9.85. The largest absolute Gasteiger partial charge is 0.462 e. The molecule has 88 heavy (non-hydrogen) atoms. The minimum absolute atomic E-state index is 0.0765. The lowest BCUT2D eigenvalue weighted by Gasteiger charge is -2.15. The summed E-state index contributed by atoms with van der Waals surface area (Å²) in [5.41, 5.74) is 0. The van der Waals surface area contributed by atoms with E-state index >= 15 is 0 Å². The van der Waals surface area contributed by atoms with Crippen molar-refractivity contribution in [2.75, 3.05) is 13.2 Å². The van der Waals surface area contributed by atoms with Gasteiger partial charge in [0.2, 0.25) is 0 Å². The zero-order valence-corrected chi connectivity index (χ0v) is 56.9. The lowest BCUT2D eigenvalue weighted by Crippen LogP contribution is -2.28. The number of hydrogen-bond acceptors (Lipinski definition) is 5. The molecule has 0 aromatic rings. The molecular formula is C83H134O5. The van der Waals surface area contributed by atoms with E-state index < -0.39 is 6.10 Å². The van der Waals surface area contributed by atoms with Gasteiger partial charge >= 0.3 is 11.9 Å². The monoisotopic (exact) mass is 1210 g/mol. The average Bonchev–Trinajstić information content (AvgIpc) is 3.56. The molecule has 0 saturated heterocycles.